The number of aromatic nitrogens is 6. The summed E-state index contributed by atoms with van der Waals surface area (Å²) in [4.78, 5) is 28.0. The summed E-state index contributed by atoms with van der Waals surface area (Å²) < 4.78 is 0. The van der Waals surface area contributed by atoms with E-state index in [0.717, 1.165) is 64.7 Å². The van der Waals surface area contributed by atoms with Crippen LogP contribution in [0.15, 0.2) is 122 Å². The van der Waals surface area contributed by atoms with Crippen molar-refractivity contribution in [2.45, 2.75) is 143 Å². The summed E-state index contributed by atoms with van der Waals surface area (Å²) in [5, 5.41) is 5.91. The van der Waals surface area contributed by atoms with Gasteiger partial charge in [-0.25, -0.2) is 29.9 Å². The average Bonchev–Trinajstić information content (AvgIpc) is 3.21. The normalized spacial score (nSPS) is 14.9. The first-order chi connectivity index (χ1) is 28.5. The molecule has 0 aliphatic carbocycles. The third-order valence-electron chi connectivity index (χ3n) is 9.93. The van der Waals surface area contributed by atoms with Gasteiger partial charge in [0, 0.05) is 52.7 Å². The van der Waals surface area contributed by atoms with Gasteiger partial charge in [-0.05, 0) is 66.3 Å². The Morgan fingerprint density at radius 1 is 0.283 bits per heavy atom. The van der Waals surface area contributed by atoms with Gasteiger partial charge in [-0.3, -0.25) is 0 Å². The van der Waals surface area contributed by atoms with E-state index in [4.69, 9.17) is 0 Å². The second-order valence-corrected chi connectivity index (χ2v) is 24.2. The van der Waals surface area contributed by atoms with Gasteiger partial charge < -0.3 is 0 Å². The molecule has 3 aromatic carbocycles. The van der Waals surface area contributed by atoms with E-state index >= 15 is 0 Å². The highest BCUT2D eigenvalue weighted by atomic mass is 32.2. The van der Waals surface area contributed by atoms with Crippen molar-refractivity contribution in [1.82, 2.24) is 29.9 Å². The highest BCUT2D eigenvalue weighted by molar-refractivity contribution is 8.00. The van der Waals surface area contributed by atoms with Crippen molar-refractivity contribution in [3.8, 4) is 0 Å². The Kier molecular flexibility index (Phi) is 14.7. The molecule has 312 valence electrons. The van der Waals surface area contributed by atoms with Crippen LogP contribution in [0.25, 0.3) is 0 Å². The molecule has 3 aromatic heterocycles. The number of rotatable bonds is 0. The predicted octanol–water partition coefficient (Wildman–Crippen LogP) is 14.0. The van der Waals surface area contributed by atoms with Crippen molar-refractivity contribution < 1.29 is 0 Å². The van der Waals surface area contributed by atoms with Crippen LogP contribution in [0.5, 0.6) is 0 Å². The fourth-order valence-corrected chi connectivity index (χ4v) is 11.5. The van der Waals surface area contributed by atoms with Gasteiger partial charge in [0.25, 0.3) is 0 Å². The Morgan fingerprint density at radius 3 is 0.633 bits per heavy atom. The summed E-state index contributed by atoms with van der Waals surface area (Å²) in [6.45, 7) is 20.6. The standard InChI is InChI=1S/C48H54N6S6/c1-46(2,3)37-13-31-10-32(14-37)23-56-41-20-43(52-29-50-41)58-25-34-12-36(18-39(16-34)48(7,8)9)27-60-45-21-44(53-30-54-45)59-26-35-11-33(15-38(17-35)47(4,5)6)24-57-42-19-40(55-22-31)49-28-51-42/h10-21,28-30H,22-27H2,1-9H3. The lowest BCUT2D eigenvalue weighted by Crippen LogP contribution is -2.12. The molecule has 0 unspecified atom stereocenters. The summed E-state index contributed by atoms with van der Waals surface area (Å²) in [5.41, 5.74) is 11.9. The van der Waals surface area contributed by atoms with Gasteiger partial charge in [-0.15, -0.1) is 70.6 Å². The van der Waals surface area contributed by atoms with Gasteiger partial charge in [0.2, 0.25) is 0 Å². The Labute approximate surface area is 382 Å². The molecule has 0 saturated carbocycles. The molecule has 0 radical (unpaired) electrons. The van der Waals surface area contributed by atoms with Gasteiger partial charge in [-0.2, -0.15) is 0 Å². The van der Waals surface area contributed by atoms with Gasteiger partial charge in [0.1, 0.15) is 49.1 Å². The van der Waals surface area contributed by atoms with Crippen molar-refractivity contribution in [3.05, 3.63) is 142 Å². The van der Waals surface area contributed by atoms with Gasteiger partial charge >= 0.3 is 0 Å². The van der Waals surface area contributed by atoms with Crippen molar-refractivity contribution in [2.75, 3.05) is 0 Å². The summed E-state index contributed by atoms with van der Waals surface area (Å²) in [5.74, 6) is 4.98. The first-order valence-corrected chi connectivity index (χ1v) is 26.1. The Morgan fingerprint density at radius 2 is 0.467 bits per heavy atom. The first-order valence-electron chi connectivity index (χ1n) is 20.1. The molecule has 0 N–H and O–H groups in total. The molecule has 6 nitrogen and oxygen atoms in total. The van der Waals surface area contributed by atoms with Crippen LogP contribution in [-0.2, 0) is 50.8 Å². The first kappa shape index (κ1) is 45.0. The molecule has 12 bridgehead atoms. The molecule has 7 rings (SSSR count). The van der Waals surface area contributed by atoms with Crippen LogP contribution >= 0.6 is 70.6 Å². The average molecular weight is 907 g/mol. The fourth-order valence-electron chi connectivity index (χ4n) is 6.47. The number of fused-ring (bicyclic) bond motifs is 12. The van der Waals surface area contributed by atoms with E-state index in [1.165, 1.54) is 50.1 Å². The highest BCUT2D eigenvalue weighted by Crippen LogP contribution is 2.36. The van der Waals surface area contributed by atoms with Crippen LogP contribution in [0.2, 0.25) is 0 Å². The van der Waals surface area contributed by atoms with Crippen LogP contribution in [-0.4, -0.2) is 29.9 Å². The molecule has 1 aliphatic rings. The van der Waals surface area contributed by atoms with Crippen molar-refractivity contribution in [3.63, 3.8) is 0 Å². The molecule has 60 heavy (non-hydrogen) atoms. The number of hydrogen-bond acceptors (Lipinski definition) is 12. The molecular weight excluding hydrogens is 853 g/mol. The van der Waals surface area contributed by atoms with Crippen molar-refractivity contribution in [2.24, 2.45) is 0 Å². The van der Waals surface area contributed by atoms with E-state index < -0.39 is 0 Å². The second kappa shape index (κ2) is 19.6. The fraction of sp³-hybridized carbons (Fsp3) is 0.375. The third-order valence-corrected chi connectivity index (χ3v) is 15.9. The highest BCUT2D eigenvalue weighted by Gasteiger charge is 2.19. The van der Waals surface area contributed by atoms with Crippen LogP contribution in [0.3, 0.4) is 0 Å². The molecule has 12 heteroatoms. The molecule has 0 fully saturated rings. The van der Waals surface area contributed by atoms with E-state index in [0.29, 0.717) is 0 Å². The Balaban J connectivity index is 1.20. The van der Waals surface area contributed by atoms with Gasteiger partial charge in [0.05, 0.1) is 0 Å². The third kappa shape index (κ3) is 13.0. The summed E-state index contributed by atoms with van der Waals surface area (Å²) >= 11 is 10.6. The lowest BCUT2D eigenvalue weighted by atomic mass is 9.85. The molecule has 0 atom stereocenters. The number of nitrogens with zero attached hydrogens (tertiary/aromatic N) is 6. The minimum atomic E-state index is 0.0263. The minimum Gasteiger partial charge on any atom is -0.230 e. The van der Waals surface area contributed by atoms with E-state index in [2.05, 4.69) is 165 Å². The Hall–Kier alpha value is -3.00. The molecule has 0 saturated heterocycles. The smallest absolute Gasteiger partial charge is 0.117 e. The number of hydrogen-bond donors (Lipinski definition) is 0. The summed E-state index contributed by atoms with van der Waals surface area (Å²) in [7, 11) is 0. The molecular formula is C48H54N6S6. The topological polar surface area (TPSA) is 77.3 Å². The van der Waals surface area contributed by atoms with Crippen molar-refractivity contribution in [1.29, 1.82) is 0 Å². The molecule has 0 spiro atoms. The molecule has 1 aliphatic heterocycles. The zero-order valence-electron chi connectivity index (χ0n) is 36.0. The van der Waals surface area contributed by atoms with Crippen LogP contribution in [0.1, 0.15) is 112 Å². The zero-order valence-corrected chi connectivity index (χ0v) is 40.9. The number of thioether (sulfide) groups is 6. The van der Waals surface area contributed by atoms with E-state index in [-0.39, 0.29) is 16.2 Å². The summed E-state index contributed by atoms with van der Waals surface area (Å²) in [6, 6.07) is 27.6. The van der Waals surface area contributed by atoms with E-state index in [9.17, 15) is 0 Å². The number of benzene rings is 3. The maximum atomic E-state index is 4.67. The minimum absolute atomic E-state index is 0.0263. The second-order valence-electron chi connectivity index (χ2n) is 18.2. The van der Waals surface area contributed by atoms with E-state index in [1.54, 1.807) is 89.6 Å². The maximum Gasteiger partial charge on any atom is 0.117 e. The van der Waals surface area contributed by atoms with Gasteiger partial charge in [-0.1, -0.05) is 117 Å². The van der Waals surface area contributed by atoms with Crippen LogP contribution in [0.4, 0.5) is 0 Å². The summed E-state index contributed by atoms with van der Waals surface area (Å²) in [6.07, 6.45) is 5.12. The SMILES string of the molecule is CC(C)(C)c1cc2cc(c1)CSc1cc(ncn1)SCc1cc(cc(C(C)(C)C)c1)CSc1cc(ncn1)SCc1cc(cc(C(C)(C)C)c1)CSc1cc(ncn1)SC2. The lowest BCUT2D eigenvalue weighted by Gasteiger charge is -2.21. The molecule has 4 heterocycles. The van der Waals surface area contributed by atoms with Crippen LogP contribution in [0, 0.1) is 0 Å². The predicted molar refractivity (Wildman–Crippen MR) is 259 cm³/mol. The lowest BCUT2D eigenvalue weighted by molar-refractivity contribution is 0.589. The maximum absolute atomic E-state index is 4.67. The molecule has 6 aromatic rings. The molecule has 0 amide bonds. The monoisotopic (exact) mass is 906 g/mol. The largest absolute Gasteiger partial charge is 0.230 e. The van der Waals surface area contributed by atoms with E-state index in [1.807, 2.05) is 0 Å². The van der Waals surface area contributed by atoms with Crippen LogP contribution < -0.4 is 0 Å². The quantitative estimate of drug-likeness (QED) is 0.136. The van der Waals surface area contributed by atoms with Gasteiger partial charge in [0.15, 0.2) is 0 Å². The Bertz CT molecular complexity index is 2040. The zero-order chi connectivity index (χ0) is 42.5. The van der Waals surface area contributed by atoms with Crippen molar-refractivity contribution >= 4 is 70.6 Å².